The number of hydrogen-bond acceptors (Lipinski definition) is 2. The molecule has 1 aromatic rings. The van der Waals surface area contributed by atoms with Crippen molar-refractivity contribution in [2.75, 3.05) is 0 Å². The lowest BCUT2D eigenvalue weighted by molar-refractivity contribution is -0.0330. The summed E-state index contributed by atoms with van der Waals surface area (Å²) < 4.78 is 0.983. The van der Waals surface area contributed by atoms with E-state index in [2.05, 4.69) is 20.9 Å². The van der Waals surface area contributed by atoms with Crippen LogP contribution in [-0.2, 0) is 6.42 Å². The molecule has 0 aliphatic heterocycles. The maximum atomic E-state index is 9.88. The Kier molecular flexibility index (Phi) is 2.39. The molecular weight excluding hydrogens is 230 g/mol. The highest BCUT2D eigenvalue weighted by molar-refractivity contribution is 9.10. The van der Waals surface area contributed by atoms with Crippen molar-refractivity contribution in [3.8, 4) is 0 Å². The quantitative estimate of drug-likeness (QED) is 0.863. The zero-order chi connectivity index (χ0) is 9.31. The van der Waals surface area contributed by atoms with Gasteiger partial charge in [0.1, 0.15) is 0 Å². The predicted molar refractivity (Wildman–Crippen MR) is 54.4 cm³/mol. The van der Waals surface area contributed by atoms with Crippen LogP contribution in [0.4, 0.5) is 0 Å². The molecule has 0 amide bonds. The molecule has 70 valence electrons. The minimum absolute atomic E-state index is 0.458. The van der Waals surface area contributed by atoms with Gasteiger partial charge in [-0.05, 0) is 47.3 Å². The van der Waals surface area contributed by atoms with Gasteiger partial charge in [-0.1, -0.05) is 0 Å². The third-order valence-electron chi connectivity index (χ3n) is 2.58. The van der Waals surface area contributed by atoms with Crippen LogP contribution in [0.15, 0.2) is 22.8 Å². The predicted octanol–water partition coefficient (Wildman–Crippen LogP) is 2.30. The summed E-state index contributed by atoms with van der Waals surface area (Å²) in [5, 5.41) is 9.88. The van der Waals surface area contributed by atoms with Gasteiger partial charge in [-0.15, -0.1) is 0 Å². The van der Waals surface area contributed by atoms with Gasteiger partial charge in [-0.3, -0.25) is 4.98 Å². The first-order valence-electron chi connectivity index (χ1n) is 4.51. The van der Waals surface area contributed by atoms with E-state index >= 15 is 0 Å². The van der Waals surface area contributed by atoms with Crippen molar-refractivity contribution < 1.29 is 5.11 Å². The van der Waals surface area contributed by atoms with Gasteiger partial charge in [0.2, 0.25) is 0 Å². The van der Waals surface area contributed by atoms with Crippen LogP contribution in [0.25, 0.3) is 0 Å². The summed E-state index contributed by atoms with van der Waals surface area (Å²) >= 11 is 3.33. The molecule has 2 nitrogen and oxygen atoms in total. The molecule has 0 spiro atoms. The highest BCUT2D eigenvalue weighted by Crippen LogP contribution is 2.34. The highest BCUT2D eigenvalue weighted by Gasteiger charge is 2.34. The summed E-state index contributed by atoms with van der Waals surface area (Å²) in [5.74, 6) is 0. The Morgan fingerprint density at radius 1 is 1.46 bits per heavy atom. The zero-order valence-electron chi connectivity index (χ0n) is 7.33. The van der Waals surface area contributed by atoms with E-state index in [-0.39, 0.29) is 0 Å². The van der Waals surface area contributed by atoms with E-state index in [0.717, 1.165) is 29.4 Å². The van der Waals surface area contributed by atoms with Crippen LogP contribution in [-0.4, -0.2) is 15.7 Å². The normalized spacial score (nSPS) is 19.5. The minimum atomic E-state index is -0.458. The molecule has 0 bridgehead atoms. The van der Waals surface area contributed by atoms with Gasteiger partial charge in [-0.25, -0.2) is 0 Å². The molecular formula is C10H12BrNO. The van der Waals surface area contributed by atoms with E-state index in [1.807, 2.05) is 12.1 Å². The van der Waals surface area contributed by atoms with Crippen LogP contribution in [0, 0.1) is 0 Å². The van der Waals surface area contributed by atoms with Crippen molar-refractivity contribution in [1.29, 1.82) is 0 Å². The Hall–Kier alpha value is -0.410. The molecule has 2 rings (SSSR count). The van der Waals surface area contributed by atoms with Crippen LogP contribution >= 0.6 is 15.9 Å². The maximum absolute atomic E-state index is 9.88. The Balaban J connectivity index is 2.05. The average Bonchev–Trinajstić information content (AvgIpc) is 2.06. The monoisotopic (exact) mass is 241 g/mol. The highest BCUT2D eigenvalue weighted by atomic mass is 79.9. The maximum Gasteiger partial charge on any atom is 0.0703 e. The van der Waals surface area contributed by atoms with E-state index in [1.54, 1.807) is 6.20 Å². The summed E-state index contributed by atoms with van der Waals surface area (Å²) in [6.45, 7) is 0. The first-order valence-corrected chi connectivity index (χ1v) is 5.30. The lowest BCUT2D eigenvalue weighted by atomic mass is 9.77. The standard InChI is InChI=1S/C10H12BrNO/c11-8-2-3-9(12-7-8)6-10(13)4-1-5-10/h2-3,7,13H,1,4-6H2. The fourth-order valence-corrected chi connectivity index (χ4v) is 1.84. The summed E-state index contributed by atoms with van der Waals surface area (Å²) in [7, 11) is 0. The van der Waals surface area contributed by atoms with Crippen LogP contribution in [0.2, 0.25) is 0 Å². The van der Waals surface area contributed by atoms with Crippen LogP contribution in [0.3, 0.4) is 0 Å². The molecule has 13 heavy (non-hydrogen) atoms. The summed E-state index contributed by atoms with van der Waals surface area (Å²) in [6, 6.07) is 3.92. The lowest BCUT2D eigenvalue weighted by Gasteiger charge is -2.36. The van der Waals surface area contributed by atoms with E-state index in [0.29, 0.717) is 6.42 Å². The van der Waals surface area contributed by atoms with E-state index in [4.69, 9.17) is 0 Å². The molecule has 1 aliphatic rings. The van der Waals surface area contributed by atoms with Crippen LogP contribution < -0.4 is 0 Å². The molecule has 0 saturated heterocycles. The number of pyridine rings is 1. The second kappa shape index (κ2) is 3.39. The van der Waals surface area contributed by atoms with Gasteiger partial charge in [-0.2, -0.15) is 0 Å². The molecule has 0 radical (unpaired) electrons. The molecule has 0 atom stereocenters. The average molecular weight is 242 g/mol. The second-order valence-corrected chi connectivity index (χ2v) is 4.64. The van der Waals surface area contributed by atoms with Crippen molar-refractivity contribution in [3.05, 3.63) is 28.5 Å². The van der Waals surface area contributed by atoms with Crippen molar-refractivity contribution in [1.82, 2.24) is 4.98 Å². The first-order chi connectivity index (χ1) is 6.18. The summed E-state index contributed by atoms with van der Waals surface area (Å²) in [4.78, 5) is 4.24. The summed E-state index contributed by atoms with van der Waals surface area (Å²) in [5.41, 5.74) is 0.520. The number of rotatable bonds is 2. The fourth-order valence-electron chi connectivity index (χ4n) is 1.61. The fraction of sp³-hybridized carbons (Fsp3) is 0.500. The molecule has 1 heterocycles. The Morgan fingerprint density at radius 2 is 2.23 bits per heavy atom. The molecule has 1 aromatic heterocycles. The molecule has 1 aliphatic carbocycles. The van der Waals surface area contributed by atoms with Crippen molar-refractivity contribution in [3.63, 3.8) is 0 Å². The molecule has 1 saturated carbocycles. The Morgan fingerprint density at radius 3 is 2.69 bits per heavy atom. The smallest absolute Gasteiger partial charge is 0.0703 e. The molecule has 1 N–H and O–H groups in total. The Labute approximate surface area is 86.1 Å². The van der Waals surface area contributed by atoms with Gasteiger partial charge < -0.3 is 5.11 Å². The van der Waals surface area contributed by atoms with Gasteiger partial charge in [0.15, 0.2) is 0 Å². The molecule has 0 aromatic carbocycles. The van der Waals surface area contributed by atoms with Gasteiger partial charge in [0.05, 0.1) is 5.60 Å². The molecule has 0 unspecified atom stereocenters. The topological polar surface area (TPSA) is 33.1 Å². The number of hydrogen-bond donors (Lipinski definition) is 1. The van der Waals surface area contributed by atoms with E-state index in [1.165, 1.54) is 0 Å². The number of nitrogens with zero attached hydrogens (tertiary/aromatic N) is 1. The number of aromatic nitrogens is 1. The number of halogens is 1. The van der Waals surface area contributed by atoms with Crippen molar-refractivity contribution in [2.45, 2.75) is 31.3 Å². The van der Waals surface area contributed by atoms with Crippen LogP contribution in [0.1, 0.15) is 25.0 Å². The second-order valence-electron chi connectivity index (χ2n) is 3.72. The number of aliphatic hydroxyl groups is 1. The Bertz CT molecular complexity index is 292. The summed E-state index contributed by atoms with van der Waals surface area (Å²) in [6.07, 6.45) is 5.46. The van der Waals surface area contributed by atoms with E-state index in [9.17, 15) is 5.11 Å². The van der Waals surface area contributed by atoms with Crippen molar-refractivity contribution >= 4 is 15.9 Å². The zero-order valence-corrected chi connectivity index (χ0v) is 8.92. The van der Waals surface area contributed by atoms with Gasteiger partial charge in [0.25, 0.3) is 0 Å². The SMILES string of the molecule is OC1(Cc2ccc(Br)cn2)CCC1. The molecule has 1 fully saturated rings. The largest absolute Gasteiger partial charge is 0.389 e. The van der Waals surface area contributed by atoms with Gasteiger partial charge in [0, 0.05) is 22.8 Å². The minimum Gasteiger partial charge on any atom is -0.389 e. The third-order valence-corrected chi connectivity index (χ3v) is 3.05. The molecule has 3 heteroatoms. The first kappa shape index (κ1) is 9.16. The van der Waals surface area contributed by atoms with Gasteiger partial charge >= 0.3 is 0 Å². The van der Waals surface area contributed by atoms with Crippen LogP contribution in [0.5, 0.6) is 0 Å². The van der Waals surface area contributed by atoms with E-state index < -0.39 is 5.60 Å². The third kappa shape index (κ3) is 2.09. The van der Waals surface area contributed by atoms with Crippen molar-refractivity contribution in [2.24, 2.45) is 0 Å². The lowest BCUT2D eigenvalue weighted by Crippen LogP contribution is -2.39.